The number of hydrogen-bond donors (Lipinski definition) is 1. The van der Waals surface area contributed by atoms with Crippen molar-refractivity contribution in [2.75, 3.05) is 6.61 Å². The van der Waals surface area contributed by atoms with Crippen LogP contribution in [0.3, 0.4) is 0 Å². The molecule has 1 N–H and O–H groups in total. The minimum Gasteiger partial charge on any atom is -0.458 e. The molecule has 4 heteroatoms. The summed E-state index contributed by atoms with van der Waals surface area (Å²) in [4.78, 5) is 11.6. The van der Waals surface area contributed by atoms with Gasteiger partial charge in [0, 0.05) is 15.4 Å². The predicted molar refractivity (Wildman–Crippen MR) is 114 cm³/mol. The number of aliphatic hydroxyl groups is 1. The van der Waals surface area contributed by atoms with E-state index >= 15 is 0 Å². The number of carbonyl (C=O) groups excluding carboxylic acids is 1. The van der Waals surface area contributed by atoms with Gasteiger partial charge in [0.25, 0.3) is 0 Å². The van der Waals surface area contributed by atoms with Gasteiger partial charge in [-0.1, -0.05) is 36.4 Å². The number of fused-ring (bicyclic) bond motifs is 5. The number of alkyl halides is 1. The quantitative estimate of drug-likeness (QED) is 0.322. The second-order valence-corrected chi connectivity index (χ2v) is 12.4. The van der Waals surface area contributed by atoms with Crippen LogP contribution in [0.5, 0.6) is 0 Å². The smallest absolute Gasteiger partial charge is 0.331 e. The van der Waals surface area contributed by atoms with E-state index in [0.717, 1.165) is 34.7 Å². The van der Waals surface area contributed by atoms with E-state index < -0.39 is 5.60 Å². The molecule has 4 saturated carbocycles. The van der Waals surface area contributed by atoms with Gasteiger partial charge in [-0.05, 0) is 92.4 Å². The van der Waals surface area contributed by atoms with Crippen molar-refractivity contribution in [1.82, 2.24) is 0 Å². The maximum atomic E-state index is 12.2. The number of halogens is 1. The highest BCUT2D eigenvalue weighted by molar-refractivity contribution is 14.1. The molecular weight excluding hydrogens is 451 g/mol. The normalized spacial score (nSPS) is 54.6. The van der Waals surface area contributed by atoms with Crippen LogP contribution < -0.4 is 0 Å². The lowest BCUT2D eigenvalue weighted by atomic mass is 9.43. The SMILES string of the molecule is C[C@]12CC[C@@H](I)C[C@H]1CC[C@@H]1[C@@H]2CC[C@]2(C)[C@@H](C3=CC(=O)OC3)CC[C@]12O. The fraction of sp³-hybridized carbons (Fsp3) is 0.870. The zero-order valence-corrected chi connectivity index (χ0v) is 18.8. The third-order valence-corrected chi connectivity index (χ3v) is 11.1. The largest absolute Gasteiger partial charge is 0.458 e. The highest BCUT2D eigenvalue weighted by Gasteiger charge is 2.67. The predicted octanol–water partition coefficient (Wildman–Crippen LogP) is 5.05. The van der Waals surface area contributed by atoms with E-state index in [2.05, 4.69) is 36.4 Å². The summed E-state index contributed by atoms with van der Waals surface area (Å²) in [5, 5.41) is 12.2. The first-order valence-corrected chi connectivity index (χ1v) is 12.3. The average Bonchev–Trinajstić information content (AvgIpc) is 3.16. The van der Waals surface area contributed by atoms with Crippen molar-refractivity contribution in [2.24, 2.45) is 34.5 Å². The van der Waals surface area contributed by atoms with Gasteiger partial charge in [0.15, 0.2) is 0 Å². The third-order valence-electron chi connectivity index (χ3n) is 9.92. The number of cyclic esters (lactones) is 1. The van der Waals surface area contributed by atoms with Gasteiger partial charge in [-0.15, -0.1) is 0 Å². The van der Waals surface area contributed by atoms with E-state index in [1.165, 1.54) is 38.5 Å². The Morgan fingerprint density at radius 1 is 1.07 bits per heavy atom. The van der Waals surface area contributed by atoms with Gasteiger partial charge < -0.3 is 9.84 Å². The Hall–Kier alpha value is -0.100. The molecule has 0 aromatic carbocycles. The van der Waals surface area contributed by atoms with Crippen LogP contribution >= 0.6 is 22.6 Å². The van der Waals surface area contributed by atoms with Crippen LogP contribution in [0.25, 0.3) is 0 Å². The van der Waals surface area contributed by atoms with Crippen molar-refractivity contribution in [2.45, 2.75) is 81.2 Å². The Balaban J connectivity index is 1.47. The van der Waals surface area contributed by atoms with Gasteiger partial charge in [-0.3, -0.25) is 0 Å². The summed E-state index contributed by atoms with van der Waals surface area (Å²) < 4.78 is 6.07. The number of carbonyl (C=O) groups is 1. The zero-order valence-electron chi connectivity index (χ0n) is 16.7. The van der Waals surface area contributed by atoms with Crippen LogP contribution in [-0.2, 0) is 9.53 Å². The first kappa shape index (κ1) is 18.9. The van der Waals surface area contributed by atoms with Gasteiger partial charge >= 0.3 is 5.97 Å². The Morgan fingerprint density at radius 3 is 2.63 bits per heavy atom. The summed E-state index contributed by atoms with van der Waals surface area (Å²) in [6, 6.07) is 0. The monoisotopic (exact) mass is 484 g/mol. The second kappa shape index (κ2) is 6.20. The van der Waals surface area contributed by atoms with Crippen LogP contribution in [0.1, 0.15) is 71.6 Å². The highest BCUT2D eigenvalue weighted by atomic mass is 127. The van der Waals surface area contributed by atoms with Crippen molar-refractivity contribution < 1.29 is 14.6 Å². The Labute approximate surface area is 176 Å². The summed E-state index contributed by atoms with van der Waals surface area (Å²) in [5.41, 5.74) is 0.896. The van der Waals surface area contributed by atoms with E-state index in [4.69, 9.17) is 4.74 Å². The van der Waals surface area contributed by atoms with Crippen molar-refractivity contribution in [3.8, 4) is 0 Å². The summed E-state index contributed by atoms with van der Waals surface area (Å²) >= 11 is 2.66. The summed E-state index contributed by atoms with van der Waals surface area (Å²) in [5.74, 6) is 2.08. The van der Waals surface area contributed by atoms with E-state index in [1.807, 2.05) is 0 Å². The Kier molecular flexibility index (Phi) is 4.34. The number of hydrogen-bond acceptors (Lipinski definition) is 3. The van der Waals surface area contributed by atoms with E-state index in [0.29, 0.717) is 29.8 Å². The van der Waals surface area contributed by atoms with Crippen LogP contribution in [0, 0.1) is 34.5 Å². The molecule has 4 aliphatic carbocycles. The summed E-state index contributed by atoms with van der Waals surface area (Å²) in [6.07, 6.45) is 12.5. The van der Waals surface area contributed by atoms with Gasteiger partial charge in [0.1, 0.15) is 6.61 Å². The van der Waals surface area contributed by atoms with Gasteiger partial charge in [-0.2, -0.15) is 0 Å². The van der Waals surface area contributed by atoms with Crippen molar-refractivity contribution in [1.29, 1.82) is 0 Å². The second-order valence-electron chi connectivity index (χ2n) is 10.7. The van der Waals surface area contributed by atoms with Gasteiger partial charge in [0.2, 0.25) is 0 Å². The van der Waals surface area contributed by atoms with Crippen LogP contribution in [0.2, 0.25) is 0 Å². The molecule has 4 fully saturated rings. The fourth-order valence-corrected chi connectivity index (χ4v) is 9.28. The topological polar surface area (TPSA) is 46.5 Å². The van der Waals surface area contributed by atoms with E-state index in [9.17, 15) is 9.90 Å². The third kappa shape index (κ3) is 2.50. The molecule has 0 unspecified atom stereocenters. The van der Waals surface area contributed by atoms with Gasteiger partial charge in [-0.25, -0.2) is 4.79 Å². The molecule has 3 nitrogen and oxygen atoms in total. The van der Waals surface area contributed by atoms with Crippen molar-refractivity contribution >= 4 is 28.6 Å². The fourth-order valence-electron chi connectivity index (χ4n) is 8.36. The number of rotatable bonds is 1. The molecule has 1 heterocycles. The first-order valence-electron chi connectivity index (χ1n) is 11.0. The molecule has 27 heavy (non-hydrogen) atoms. The molecule has 0 aromatic rings. The molecule has 8 atom stereocenters. The van der Waals surface area contributed by atoms with Crippen LogP contribution in [0.4, 0.5) is 0 Å². The lowest BCUT2D eigenvalue weighted by Crippen LogP contribution is -2.62. The minimum absolute atomic E-state index is 0.0996. The molecule has 0 radical (unpaired) electrons. The standard InChI is InChI=1S/C23H33IO3/c1-21-8-5-16(24)12-15(21)3-4-19-18(21)6-9-22(2)17(7-10-23(19,22)26)14-11-20(25)27-13-14/h11,15-19,26H,3-10,12-13H2,1-2H3/t15-,16-,17-,18+,19-,21+,22-,23+/m1/s1. The molecule has 5 aliphatic rings. The molecule has 0 amide bonds. The maximum Gasteiger partial charge on any atom is 0.331 e. The lowest BCUT2D eigenvalue weighted by molar-refractivity contribution is -0.203. The molecule has 0 bridgehead atoms. The summed E-state index contributed by atoms with van der Waals surface area (Å²) in [7, 11) is 0. The highest BCUT2D eigenvalue weighted by Crippen LogP contribution is 2.70. The molecular formula is C23H33IO3. The van der Waals surface area contributed by atoms with Crippen molar-refractivity contribution in [3.63, 3.8) is 0 Å². The van der Waals surface area contributed by atoms with Gasteiger partial charge in [0.05, 0.1) is 5.60 Å². The molecule has 0 aromatic heterocycles. The number of esters is 1. The molecule has 5 rings (SSSR count). The average molecular weight is 484 g/mol. The van der Waals surface area contributed by atoms with Crippen LogP contribution in [-0.4, -0.2) is 27.2 Å². The lowest BCUT2D eigenvalue weighted by Gasteiger charge is -2.63. The molecule has 1 aliphatic heterocycles. The molecule has 150 valence electrons. The van der Waals surface area contributed by atoms with E-state index in [-0.39, 0.29) is 11.4 Å². The van der Waals surface area contributed by atoms with E-state index in [1.54, 1.807) is 6.08 Å². The number of ether oxygens (including phenoxy) is 1. The zero-order chi connectivity index (χ0) is 19.0. The molecule has 0 spiro atoms. The van der Waals surface area contributed by atoms with Crippen LogP contribution in [0.15, 0.2) is 11.6 Å². The Bertz CT molecular complexity index is 689. The minimum atomic E-state index is -0.567. The summed E-state index contributed by atoms with van der Waals surface area (Å²) in [6.45, 7) is 5.32. The van der Waals surface area contributed by atoms with Crippen molar-refractivity contribution in [3.05, 3.63) is 11.6 Å². The Morgan fingerprint density at radius 2 is 1.89 bits per heavy atom. The molecule has 0 saturated heterocycles. The first-order chi connectivity index (χ1) is 12.8. The maximum absolute atomic E-state index is 12.2.